The number of benzene rings is 1. The maximum Gasteiger partial charge on any atom is 0.128 e. The van der Waals surface area contributed by atoms with Gasteiger partial charge in [-0.25, -0.2) is 4.98 Å². The van der Waals surface area contributed by atoms with E-state index in [0.717, 1.165) is 16.1 Å². The zero-order valence-corrected chi connectivity index (χ0v) is 10.1. The lowest BCUT2D eigenvalue weighted by Gasteiger charge is -2.13. The molecule has 1 unspecified atom stereocenters. The highest BCUT2D eigenvalue weighted by Gasteiger charge is 2.10. The van der Waals surface area contributed by atoms with Crippen LogP contribution in [0.4, 0.5) is 5.82 Å². The summed E-state index contributed by atoms with van der Waals surface area (Å²) in [5, 5.41) is 0.725. The van der Waals surface area contributed by atoms with E-state index in [9.17, 15) is 0 Å². The van der Waals surface area contributed by atoms with Crippen molar-refractivity contribution in [2.45, 2.75) is 12.5 Å². The van der Waals surface area contributed by atoms with Gasteiger partial charge in [-0.15, -0.1) is 0 Å². The molecule has 1 aromatic heterocycles. The van der Waals surface area contributed by atoms with E-state index < -0.39 is 0 Å². The zero-order valence-electron chi connectivity index (χ0n) is 9.31. The van der Waals surface area contributed by atoms with E-state index in [4.69, 9.17) is 23.1 Å². The van der Waals surface area contributed by atoms with Crippen LogP contribution in [-0.4, -0.2) is 4.98 Å². The van der Waals surface area contributed by atoms with Crippen LogP contribution < -0.4 is 11.5 Å². The maximum atomic E-state index is 6.11. The van der Waals surface area contributed by atoms with Gasteiger partial charge in [-0.3, -0.25) is 0 Å². The molecule has 0 aliphatic carbocycles. The molecule has 4 N–H and O–H groups in total. The highest BCUT2D eigenvalue weighted by molar-refractivity contribution is 6.30. The van der Waals surface area contributed by atoms with E-state index in [1.54, 1.807) is 6.20 Å². The summed E-state index contributed by atoms with van der Waals surface area (Å²) in [6, 6.07) is 11.2. The first-order valence-electron chi connectivity index (χ1n) is 5.37. The van der Waals surface area contributed by atoms with Crippen LogP contribution in [0.1, 0.15) is 17.2 Å². The van der Waals surface area contributed by atoms with Crippen molar-refractivity contribution in [3.63, 3.8) is 0 Å². The van der Waals surface area contributed by atoms with Crippen LogP contribution >= 0.6 is 11.6 Å². The van der Waals surface area contributed by atoms with E-state index in [2.05, 4.69) is 4.98 Å². The molecule has 0 amide bonds. The number of nitrogen functional groups attached to an aromatic ring is 1. The first-order valence-corrected chi connectivity index (χ1v) is 5.75. The van der Waals surface area contributed by atoms with Crippen molar-refractivity contribution < 1.29 is 0 Å². The number of pyridine rings is 1. The second kappa shape index (κ2) is 5.17. The van der Waals surface area contributed by atoms with E-state index in [1.165, 1.54) is 0 Å². The minimum atomic E-state index is -0.148. The van der Waals surface area contributed by atoms with Gasteiger partial charge >= 0.3 is 0 Å². The molecule has 1 aromatic carbocycles. The van der Waals surface area contributed by atoms with Gasteiger partial charge in [0.1, 0.15) is 5.82 Å². The number of nitrogens with zero attached hydrogens (tertiary/aromatic N) is 1. The van der Waals surface area contributed by atoms with Gasteiger partial charge in [-0.2, -0.15) is 0 Å². The summed E-state index contributed by atoms with van der Waals surface area (Å²) in [6.45, 7) is 0. The maximum absolute atomic E-state index is 6.11. The Labute approximate surface area is 105 Å². The van der Waals surface area contributed by atoms with Gasteiger partial charge < -0.3 is 11.5 Å². The molecule has 1 heterocycles. The Balaban J connectivity index is 2.14. The molecule has 0 fully saturated rings. The van der Waals surface area contributed by atoms with Crippen molar-refractivity contribution in [2.75, 3.05) is 5.73 Å². The van der Waals surface area contributed by atoms with Crippen molar-refractivity contribution in [3.05, 3.63) is 58.7 Å². The molecular weight excluding hydrogens is 234 g/mol. The van der Waals surface area contributed by atoms with Crippen molar-refractivity contribution in [2.24, 2.45) is 5.73 Å². The molecule has 0 spiro atoms. The fourth-order valence-electron chi connectivity index (χ4n) is 1.73. The average Bonchev–Trinajstić information content (AvgIpc) is 2.32. The molecule has 0 bridgehead atoms. The Morgan fingerprint density at radius 3 is 2.53 bits per heavy atom. The number of nitrogens with two attached hydrogens (primary N) is 2. The second-order valence-corrected chi connectivity index (χ2v) is 4.35. The van der Waals surface area contributed by atoms with Gasteiger partial charge in [-0.1, -0.05) is 29.8 Å². The van der Waals surface area contributed by atoms with Crippen molar-refractivity contribution in [3.8, 4) is 0 Å². The summed E-state index contributed by atoms with van der Waals surface area (Å²) in [6.07, 6.45) is 2.38. The van der Waals surface area contributed by atoms with Gasteiger partial charge in [0.15, 0.2) is 0 Å². The normalized spacial score (nSPS) is 12.4. The van der Waals surface area contributed by atoms with Crippen LogP contribution in [0, 0.1) is 0 Å². The molecule has 0 saturated carbocycles. The fraction of sp³-hybridized carbons (Fsp3) is 0.154. The number of rotatable bonds is 3. The summed E-state index contributed by atoms with van der Waals surface area (Å²) in [5.41, 5.74) is 13.9. The summed E-state index contributed by atoms with van der Waals surface area (Å²) in [7, 11) is 0. The molecule has 3 nitrogen and oxygen atoms in total. The number of halogens is 1. The second-order valence-electron chi connectivity index (χ2n) is 3.91. The van der Waals surface area contributed by atoms with Crippen LogP contribution in [0.3, 0.4) is 0 Å². The molecule has 17 heavy (non-hydrogen) atoms. The molecule has 0 aliphatic rings. The van der Waals surface area contributed by atoms with Crippen molar-refractivity contribution in [1.29, 1.82) is 0 Å². The number of hydrogen-bond acceptors (Lipinski definition) is 3. The zero-order chi connectivity index (χ0) is 12.3. The van der Waals surface area contributed by atoms with Crippen LogP contribution in [0.15, 0.2) is 42.6 Å². The van der Waals surface area contributed by atoms with Crippen LogP contribution in [0.2, 0.25) is 5.02 Å². The van der Waals surface area contributed by atoms with E-state index in [0.29, 0.717) is 12.2 Å². The molecule has 0 aliphatic heterocycles. The molecule has 0 saturated heterocycles. The van der Waals surface area contributed by atoms with Crippen molar-refractivity contribution in [1.82, 2.24) is 4.98 Å². The van der Waals surface area contributed by atoms with Crippen molar-refractivity contribution >= 4 is 17.4 Å². The van der Waals surface area contributed by atoms with Crippen LogP contribution in [0.25, 0.3) is 0 Å². The molecule has 88 valence electrons. The lowest BCUT2D eigenvalue weighted by atomic mass is 10.0. The third-order valence-corrected chi connectivity index (χ3v) is 2.89. The minimum Gasteiger partial charge on any atom is -0.383 e. The predicted molar refractivity (Wildman–Crippen MR) is 70.7 cm³/mol. The lowest BCUT2D eigenvalue weighted by molar-refractivity contribution is 0.721. The highest BCUT2D eigenvalue weighted by atomic mass is 35.5. The first kappa shape index (κ1) is 11.9. The molecular formula is C13H14ClN3. The van der Waals surface area contributed by atoms with Gasteiger partial charge in [0, 0.05) is 22.8 Å². The fourth-order valence-corrected chi connectivity index (χ4v) is 1.85. The lowest BCUT2D eigenvalue weighted by Crippen LogP contribution is -2.15. The average molecular weight is 248 g/mol. The van der Waals surface area contributed by atoms with Gasteiger partial charge in [-0.05, 0) is 30.2 Å². The third-order valence-electron chi connectivity index (χ3n) is 2.64. The smallest absolute Gasteiger partial charge is 0.128 e. The molecule has 2 aromatic rings. The summed E-state index contributed by atoms with van der Waals surface area (Å²) < 4.78 is 0. The van der Waals surface area contributed by atoms with Crippen LogP contribution in [-0.2, 0) is 6.42 Å². The number of anilines is 1. The largest absolute Gasteiger partial charge is 0.383 e. The van der Waals surface area contributed by atoms with Gasteiger partial charge in [0.25, 0.3) is 0 Å². The number of aromatic nitrogens is 1. The number of hydrogen-bond donors (Lipinski definition) is 2. The molecule has 1 atom stereocenters. The van der Waals surface area contributed by atoms with Gasteiger partial charge in [0.05, 0.1) is 0 Å². The Kier molecular flexibility index (Phi) is 3.61. The Morgan fingerprint density at radius 1 is 1.18 bits per heavy atom. The predicted octanol–water partition coefficient (Wildman–Crippen LogP) is 2.56. The van der Waals surface area contributed by atoms with Crippen LogP contribution in [0.5, 0.6) is 0 Å². The van der Waals surface area contributed by atoms with E-state index >= 15 is 0 Å². The quantitative estimate of drug-likeness (QED) is 0.876. The van der Waals surface area contributed by atoms with Gasteiger partial charge in [0.2, 0.25) is 0 Å². The molecule has 2 rings (SSSR count). The minimum absolute atomic E-state index is 0.148. The summed E-state index contributed by atoms with van der Waals surface area (Å²) in [4.78, 5) is 4.03. The Bertz CT molecular complexity index is 496. The SMILES string of the molecule is Nc1ncccc1C(N)Cc1ccc(Cl)cc1. The monoisotopic (exact) mass is 247 g/mol. The topological polar surface area (TPSA) is 64.9 Å². The molecule has 0 radical (unpaired) electrons. The summed E-state index contributed by atoms with van der Waals surface area (Å²) >= 11 is 5.83. The highest BCUT2D eigenvalue weighted by Crippen LogP contribution is 2.20. The Morgan fingerprint density at radius 2 is 1.88 bits per heavy atom. The first-order chi connectivity index (χ1) is 8.16. The standard InChI is InChI=1S/C13H14ClN3/c14-10-5-3-9(4-6-10)8-12(15)11-2-1-7-17-13(11)16/h1-7,12H,8,15H2,(H2,16,17). The Hall–Kier alpha value is -1.58. The van der Waals surface area contributed by atoms with E-state index in [-0.39, 0.29) is 6.04 Å². The molecule has 4 heteroatoms. The van der Waals surface area contributed by atoms with E-state index in [1.807, 2.05) is 36.4 Å². The third kappa shape index (κ3) is 2.96. The summed E-state index contributed by atoms with van der Waals surface area (Å²) in [5.74, 6) is 0.494.